The van der Waals surface area contributed by atoms with E-state index < -0.39 is 5.97 Å². The molecule has 0 unspecified atom stereocenters. The largest absolute Gasteiger partial charge is 0.482 e. The van der Waals surface area contributed by atoms with Crippen molar-refractivity contribution >= 4 is 16.7 Å². The summed E-state index contributed by atoms with van der Waals surface area (Å²) in [5.74, 6) is 0.257. The van der Waals surface area contributed by atoms with Gasteiger partial charge in [0.25, 0.3) is 0 Å². The molecule has 18 heavy (non-hydrogen) atoms. The van der Waals surface area contributed by atoms with Crippen LogP contribution in [0.4, 0.5) is 0 Å². The SMILES string of the molecule is C=CCOC(=O)COc1ccc2ccccc2c1. The second kappa shape index (κ2) is 5.87. The van der Waals surface area contributed by atoms with Gasteiger partial charge in [0, 0.05) is 0 Å². The van der Waals surface area contributed by atoms with Crippen molar-refractivity contribution in [2.75, 3.05) is 13.2 Å². The maximum absolute atomic E-state index is 11.2. The molecule has 2 aromatic rings. The van der Waals surface area contributed by atoms with E-state index in [0.717, 1.165) is 10.8 Å². The highest BCUT2D eigenvalue weighted by atomic mass is 16.6. The second-order valence-corrected chi connectivity index (χ2v) is 3.77. The Morgan fingerprint density at radius 2 is 1.94 bits per heavy atom. The average Bonchev–Trinajstić information content (AvgIpc) is 2.42. The Balaban J connectivity index is 1.99. The molecule has 0 aliphatic heterocycles. The molecule has 3 heteroatoms. The Morgan fingerprint density at radius 1 is 1.17 bits per heavy atom. The molecule has 0 atom stereocenters. The Kier molecular flexibility index (Phi) is 3.97. The Morgan fingerprint density at radius 3 is 2.72 bits per heavy atom. The van der Waals surface area contributed by atoms with Gasteiger partial charge in [0.2, 0.25) is 0 Å². The number of hydrogen-bond donors (Lipinski definition) is 0. The maximum atomic E-state index is 11.2. The van der Waals surface area contributed by atoms with Gasteiger partial charge in [-0.1, -0.05) is 43.0 Å². The number of carbonyl (C=O) groups is 1. The minimum Gasteiger partial charge on any atom is -0.482 e. The van der Waals surface area contributed by atoms with Crippen LogP contribution in [0.5, 0.6) is 5.75 Å². The third kappa shape index (κ3) is 3.10. The number of esters is 1. The standard InChI is InChI=1S/C15H14O3/c1-2-9-17-15(16)11-18-14-8-7-12-5-3-4-6-13(12)10-14/h2-8,10H,1,9,11H2. The van der Waals surface area contributed by atoms with Gasteiger partial charge in [-0.2, -0.15) is 0 Å². The Bertz CT molecular complexity index is 560. The monoisotopic (exact) mass is 242 g/mol. The first-order chi connectivity index (χ1) is 8.79. The van der Waals surface area contributed by atoms with Crippen molar-refractivity contribution in [1.82, 2.24) is 0 Å². The minimum atomic E-state index is -0.400. The van der Waals surface area contributed by atoms with E-state index in [0.29, 0.717) is 5.75 Å². The second-order valence-electron chi connectivity index (χ2n) is 3.77. The molecule has 0 bridgehead atoms. The van der Waals surface area contributed by atoms with Gasteiger partial charge in [0.1, 0.15) is 12.4 Å². The molecule has 0 amide bonds. The van der Waals surface area contributed by atoms with Gasteiger partial charge in [-0.15, -0.1) is 0 Å². The highest BCUT2D eigenvalue weighted by Gasteiger charge is 2.03. The maximum Gasteiger partial charge on any atom is 0.344 e. The highest BCUT2D eigenvalue weighted by Crippen LogP contribution is 2.20. The molecule has 0 aromatic heterocycles. The van der Waals surface area contributed by atoms with Gasteiger partial charge in [0.15, 0.2) is 6.61 Å². The molecule has 3 nitrogen and oxygen atoms in total. The summed E-state index contributed by atoms with van der Waals surface area (Å²) >= 11 is 0. The van der Waals surface area contributed by atoms with Crippen LogP contribution in [-0.4, -0.2) is 19.2 Å². The fourth-order valence-corrected chi connectivity index (χ4v) is 1.59. The zero-order valence-electron chi connectivity index (χ0n) is 9.96. The third-order valence-electron chi connectivity index (χ3n) is 2.44. The zero-order valence-corrected chi connectivity index (χ0v) is 9.96. The van der Waals surface area contributed by atoms with Gasteiger partial charge in [-0.3, -0.25) is 0 Å². The van der Waals surface area contributed by atoms with Crippen LogP contribution in [0.1, 0.15) is 0 Å². The predicted octanol–water partition coefficient (Wildman–Crippen LogP) is 2.95. The molecule has 0 spiro atoms. The highest BCUT2D eigenvalue weighted by molar-refractivity contribution is 5.83. The van der Waals surface area contributed by atoms with Crippen molar-refractivity contribution in [3.8, 4) is 5.75 Å². The zero-order chi connectivity index (χ0) is 12.8. The van der Waals surface area contributed by atoms with E-state index in [4.69, 9.17) is 9.47 Å². The number of benzene rings is 2. The molecule has 0 aliphatic rings. The Hall–Kier alpha value is -2.29. The summed E-state index contributed by atoms with van der Waals surface area (Å²) in [6.07, 6.45) is 1.52. The summed E-state index contributed by atoms with van der Waals surface area (Å²) in [4.78, 5) is 11.2. The molecule has 0 heterocycles. The van der Waals surface area contributed by atoms with Crippen molar-refractivity contribution in [2.45, 2.75) is 0 Å². The summed E-state index contributed by atoms with van der Waals surface area (Å²) in [6, 6.07) is 13.7. The summed E-state index contributed by atoms with van der Waals surface area (Å²) in [7, 11) is 0. The van der Waals surface area contributed by atoms with Gasteiger partial charge in [-0.05, 0) is 22.9 Å². The van der Waals surface area contributed by atoms with Gasteiger partial charge >= 0.3 is 5.97 Å². The van der Waals surface area contributed by atoms with E-state index in [-0.39, 0.29) is 13.2 Å². The number of fused-ring (bicyclic) bond motifs is 1. The van der Waals surface area contributed by atoms with E-state index in [1.54, 1.807) is 0 Å². The van der Waals surface area contributed by atoms with E-state index >= 15 is 0 Å². The molecule has 0 aliphatic carbocycles. The van der Waals surface area contributed by atoms with Crippen LogP contribution >= 0.6 is 0 Å². The first-order valence-corrected chi connectivity index (χ1v) is 5.68. The lowest BCUT2D eigenvalue weighted by atomic mass is 10.1. The Labute approximate surface area is 106 Å². The molecule has 2 rings (SSSR count). The number of carbonyl (C=O) groups excluding carboxylic acids is 1. The van der Waals surface area contributed by atoms with Crippen LogP contribution in [0.2, 0.25) is 0 Å². The van der Waals surface area contributed by atoms with Crippen LogP contribution in [0, 0.1) is 0 Å². The fraction of sp³-hybridized carbons (Fsp3) is 0.133. The summed E-state index contributed by atoms with van der Waals surface area (Å²) in [5, 5.41) is 2.22. The lowest BCUT2D eigenvalue weighted by Gasteiger charge is -2.06. The molecule has 0 radical (unpaired) electrons. The van der Waals surface area contributed by atoms with Gasteiger partial charge < -0.3 is 9.47 Å². The first kappa shape index (κ1) is 12.2. The van der Waals surface area contributed by atoms with Crippen molar-refractivity contribution in [3.05, 3.63) is 55.1 Å². The topological polar surface area (TPSA) is 35.5 Å². The predicted molar refractivity (Wildman–Crippen MR) is 70.6 cm³/mol. The van der Waals surface area contributed by atoms with Crippen LogP contribution in [-0.2, 0) is 9.53 Å². The van der Waals surface area contributed by atoms with E-state index in [1.807, 2.05) is 42.5 Å². The molecule has 0 saturated heterocycles. The molecule has 0 N–H and O–H groups in total. The number of hydrogen-bond acceptors (Lipinski definition) is 3. The summed E-state index contributed by atoms with van der Waals surface area (Å²) in [5.41, 5.74) is 0. The van der Waals surface area contributed by atoms with Crippen LogP contribution in [0.3, 0.4) is 0 Å². The summed E-state index contributed by atoms with van der Waals surface area (Å²) < 4.78 is 10.2. The van der Waals surface area contributed by atoms with E-state index in [1.165, 1.54) is 6.08 Å². The molecular formula is C15H14O3. The number of ether oxygens (including phenoxy) is 2. The summed E-state index contributed by atoms with van der Waals surface area (Å²) in [6.45, 7) is 3.58. The smallest absolute Gasteiger partial charge is 0.344 e. The van der Waals surface area contributed by atoms with E-state index in [2.05, 4.69) is 6.58 Å². The molecule has 0 fully saturated rings. The van der Waals surface area contributed by atoms with Gasteiger partial charge in [0.05, 0.1) is 0 Å². The third-order valence-corrected chi connectivity index (χ3v) is 2.44. The lowest BCUT2D eigenvalue weighted by Crippen LogP contribution is -2.14. The van der Waals surface area contributed by atoms with Gasteiger partial charge in [-0.25, -0.2) is 4.79 Å². The van der Waals surface area contributed by atoms with Crippen molar-refractivity contribution < 1.29 is 14.3 Å². The first-order valence-electron chi connectivity index (χ1n) is 5.68. The minimum absolute atomic E-state index is 0.0911. The van der Waals surface area contributed by atoms with Crippen molar-refractivity contribution in [1.29, 1.82) is 0 Å². The van der Waals surface area contributed by atoms with Crippen LogP contribution in [0.15, 0.2) is 55.1 Å². The quantitative estimate of drug-likeness (QED) is 0.597. The normalized spacial score (nSPS) is 10.0. The van der Waals surface area contributed by atoms with Crippen molar-refractivity contribution in [3.63, 3.8) is 0 Å². The fourth-order valence-electron chi connectivity index (χ4n) is 1.59. The van der Waals surface area contributed by atoms with Crippen LogP contribution in [0.25, 0.3) is 10.8 Å². The average molecular weight is 242 g/mol. The number of rotatable bonds is 5. The molecule has 2 aromatic carbocycles. The molecular weight excluding hydrogens is 228 g/mol. The molecule has 0 saturated carbocycles. The molecule has 92 valence electrons. The van der Waals surface area contributed by atoms with Crippen molar-refractivity contribution in [2.24, 2.45) is 0 Å². The van der Waals surface area contributed by atoms with E-state index in [9.17, 15) is 4.79 Å². The lowest BCUT2D eigenvalue weighted by molar-refractivity contribution is -0.144. The van der Waals surface area contributed by atoms with Crippen LogP contribution < -0.4 is 4.74 Å².